The number of benzene rings is 1. The van der Waals surface area contributed by atoms with Crippen LogP contribution in [0.4, 0.5) is 8.78 Å². The van der Waals surface area contributed by atoms with Crippen LogP contribution in [0.15, 0.2) is 12.1 Å². The van der Waals surface area contributed by atoms with E-state index < -0.39 is 23.1 Å². The lowest BCUT2D eigenvalue weighted by molar-refractivity contribution is -0.144. The van der Waals surface area contributed by atoms with E-state index in [0.29, 0.717) is 6.54 Å². The Labute approximate surface area is 118 Å². The molecule has 0 aliphatic carbocycles. The Bertz CT molecular complexity index is 491. The second-order valence-corrected chi connectivity index (χ2v) is 4.93. The molecule has 0 heterocycles. The molecule has 5 heteroatoms. The van der Waals surface area contributed by atoms with E-state index in [2.05, 4.69) is 5.32 Å². The number of rotatable bonds is 6. The van der Waals surface area contributed by atoms with Crippen molar-refractivity contribution in [1.29, 1.82) is 0 Å². The number of esters is 1. The van der Waals surface area contributed by atoms with Crippen molar-refractivity contribution in [1.82, 2.24) is 5.32 Å². The van der Waals surface area contributed by atoms with Gasteiger partial charge in [-0.25, -0.2) is 8.78 Å². The molecule has 1 aromatic rings. The Morgan fingerprint density at radius 3 is 2.50 bits per heavy atom. The minimum absolute atomic E-state index is 0.0614. The molecule has 1 atom stereocenters. The standard InChI is InChI=1S/C15H21F2NO2/c1-5-18-15(4,9-14(19)20-6-2)11-8-12(16)10(3)7-13(11)17/h7-8,18H,5-6,9H2,1-4H3. The molecule has 0 aliphatic rings. The zero-order chi connectivity index (χ0) is 15.3. The molecule has 1 N–H and O–H groups in total. The highest BCUT2D eigenvalue weighted by Crippen LogP contribution is 2.29. The van der Waals surface area contributed by atoms with Crippen LogP contribution in [0.1, 0.15) is 38.3 Å². The van der Waals surface area contributed by atoms with Crippen molar-refractivity contribution in [3.63, 3.8) is 0 Å². The largest absolute Gasteiger partial charge is 0.466 e. The molecule has 0 aromatic heterocycles. The van der Waals surface area contributed by atoms with Gasteiger partial charge in [-0.2, -0.15) is 0 Å². The summed E-state index contributed by atoms with van der Waals surface area (Å²) in [6.45, 7) is 7.48. The highest BCUT2D eigenvalue weighted by Gasteiger charge is 2.32. The van der Waals surface area contributed by atoms with E-state index in [1.807, 2.05) is 6.92 Å². The van der Waals surface area contributed by atoms with Gasteiger partial charge < -0.3 is 10.1 Å². The van der Waals surface area contributed by atoms with Crippen molar-refractivity contribution in [2.75, 3.05) is 13.2 Å². The quantitative estimate of drug-likeness (QED) is 0.816. The number of halogens is 2. The van der Waals surface area contributed by atoms with Gasteiger partial charge in [-0.3, -0.25) is 4.79 Å². The van der Waals surface area contributed by atoms with E-state index in [4.69, 9.17) is 4.74 Å². The van der Waals surface area contributed by atoms with Gasteiger partial charge in [0.25, 0.3) is 0 Å². The lowest BCUT2D eigenvalue weighted by Crippen LogP contribution is -2.42. The van der Waals surface area contributed by atoms with Crippen LogP contribution in [0, 0.1) is 18.6 Å². The van der Waals surface area contributed by atoms with Crippen LogP contribution in [0.25, 0.3) is 0 Å². The van der Waals surface area contributed by atoms with Gasteiger partial charge in [-0.15, -0.1) is 0 Å². The van der Waals surface area contributed by atoms with Crippen LogP contribution in [-0.4, -0.2) is 19.1 Å². The first-order valence-corrected chi connectivity index (χ1v) is 6.70. The summed E-state index contributed by atoms with van der Waals surface area (Å²) < 4.78 is 32.7. The molecule has 0 aliphatic heterocycles. The molecule has 1 aromatic carbocycles. The van der Waals surface area contributed by atoms with Crippen molar-refractivity contribution in [2.24, 2.45) is 0 Å². The van der Waals surface area contributed by atoms with E-state index >= 15 is 0 Å². The van der Waals surface area contributed by atoms with E-state index in [1.165, 1.54) is 6.92 Å². The Morgan fingerprint density at radius 1 is 1.30 bits per heavy atom. The van der Waals surface area contributed by atoms with Gasteiger partial charge in [0.05, 0.1) is 18.6 Å². The Morgan fingerprint density at radius 2 is 1.95 bits per heavy atom. The monoisotopic (exact) mass is 285 g/mol. The maximum absolute atomic E-state index is 14.1. The second-order valence-electron chi connectivity index (χ2n) is 4.93. The third kappa shape index (κ3) is 3.76. The smallest absolute Gasteiger partial charge is 0.307 e. The van der Waals surface area contributed by atoms with E-state index in [9.17, 15) is 13.6 Å². The number of aryl methyl sites for hydroxylation is 1. The summed E-state index contributed by atoms with van der Waals surface area (Å²) in [6, 6.07) is 2.29. The normalized spacial score (nSPS) is 13.9. The highest BCUT2D eigenvalue weighted by atomic mass is 19.1. The minimum Gasteiger partial charge on any atom is -0.466 e. The fourth-order valence-corrected chi connectivity index (χ4v) is 2.21. The van der Waals surface area contributed by atoms with Gasteiger partial charge in [0.15, 0.2) is 0 Å². The molecular formula is C15H21F2NO2. The van der Waals surface area contributed by atoms with Gasteiger partial charge in [0, 0.05) is 5.56 Å². The Hall–Kier alpha value is -1.49. The molecule has 0 bridgehead atoms. The van der Waals surface area contributed by atoms with Crippen molar-refractivity contribution in [3.05, 3.63) is 34.9 Å². The van der Waals surface area contributed by atoms with Crippen LogP contribution in [-0.2, 0) is 15.1 Å². The van der Waals surface area contributed by atoms with Crippen LogP contribution in [0.2, 0.25) is 0 Å². The number of hydrogen-bond donors (Lipinski definition) is 1. The van der Waals surface area contributed by atoms with Crippen LogP contribution in [0.3, 0.4) is 0 Å². The van der Waals surface area contributed by atoms with Crippen molar-refractivity contribution >= 4 is 5.97 Å². The zero-order valence-corrected chi connectivity index (χ0v) is 12.3. The molecular weight excluding hydrogens is 264 g/mol. The molecule has 1 rings (SSSR count). The number of carbonyl (C=O) groups is 1. The van der Waals surface area contributed by atoms with Gasteiger partial charge in [0.2, 0.25) is 0 Å². The van der Waals surface area contributed by atoms with E-state index in [1.54, 1.807) is 13.8 Å². The summed E-state index contributed by atoms with van der Waals surface area (Å²) in [7, 11) is 0. The molecule has 112 valence electrons. The predicted molar refractivity (Wildman–Crippen MR) is 73.4 cm³/mol. The summed E-state index contributed by atoms with van der Waals surface area (Å²) in [5.74, 6) is -1.47. The topological polar surface area (TPSA) is 38.3 Å². The molecule has 0 radical (unpaired) electrons. The average molecular weight is 285 g/mol. The SMILES string of the molecule is CCNC(C)(CC(=O)OCC)c1cc(F)c(C)cc1F. The molecule has 1 unspecified atom stereocenters. The number of hydrogen-bond acceptors (Lipinski definition) is 3. The van der Waals surface area contributed by atoms with Gasteiger partial charge >= 0.3 is 5.97 Å². The highest BCUT2D eigenvalue weighted by molar-refractivity contribution is 5.71. The van der Waals surface area contributed by atoms with Gasteiger partial charge in [-0.05, 0) is 45.0 Å². The fourth-order valence-electron chi connectivity index (χ4n) is 2.21. The number of carbonyl (C=O) groups excluding carboxylic acids is 1. The summed E-state index contributed by atoms with van der Waals surface area (Å²) in [5.41, 5.74) is -0.628. The first-order valence-electron chi connectivity index (χ1n) is 6.70. The maximum Gasteiger partial charge on any atom is 0.307 e. The third-order valence-electron chi connectivity index (χ3n) is 3.21. The molecule has 0 saturated heterocycles. The van der Waals surface area contributed by atoms with Gasteiger partial charge in [-0.1, -0.05) is 6.92 Å². The average Bonchev–Trinajstić information content (AvgIpc) is 2.34. The van der Waals surface area contributed by atoms with Crippen LogP contribution in [0.5, 0.6) is 0 Å². The van der Waals surface area contributed by atoms with Crippen LogP contribution >= 0.6 is 0 Å². The fraction of sp³-hybridized carbons (Fsp3) is 0.533. The van der Waals surface area contributed by atoms with E-state index in [-0.39, 0.29) is 24.2 Å². The van der Waals surface area contributed by atoms with E-state index in [0.717, 1.165) is 12.1 Å². The molecule has 3 nitrogen and oxygen atoms in total. The zero-order valence-electron chi connectivity index (χ0n) is 12.3. The van der Waals surface area contributed by atoms with Crippen molar-refractivity contribution in [3.8, 4) is 0 Å². The predicted octanol–water partition coefficient (Wildman–Crippen LogP) is 3.05. The molecule has 0 spiro atoms. The summed E-state index contributed by atoms with van der Waals surface area (Å²) in [6.07, 6.45) is -0.0614. The Balaban J connectivity index is 3.18. The maximum atomic E-state index is 14.1. The number of ether oxygens (including phenoxy) is 1. The Kier molecular flexibility index (Phi) is 5.62. The number of nitrogens with one attached hydrogen (secondary N) is 1. The third-order valence-corrected chi connectivity index (χ3v) is 3.21. The first-order chi connectivity index (χ1) is 9.34. The van der Waals surface area contributed by atoms with Crippen LogP contribution < -0.4 is 5.32 Å². The molecule has 0 amide bonds. The van der Waals surface area contributed by atoms with Gasteiger partial charge in [0.1, 0.15) is 11.6 Å². The second kappa shape index (κ2) is 6.79. The van der Waals surface area contributed by atoms with Crippen molar-refractivity contribution < 1.29 is 18.3 Å². The lowest BCUT2D eigenvalue weighted by Gasteiger charge is -2.31. The molecule has 0 saturated carbocycles. The minimum atomic E-state index is -1.00. The summed E-state index contributed by atoms with van der Waals surface area (Å²) in [5, 5.41) is 3.04. The molecule has 0 fully saturated rings. The summed E-state index contributed by atoms with van der Waals surface area (Å²) in [4.78, 5) is 11.7. The summed E-state index contributed by atoms with van der Waals surface area (Å²) >= 11 is 0. The lowest BCUT2D eigenvalue weighted by atomic mass is 9.87. The first kappa shape index (κ1) is 16.6. The molecule has 20 heavy (non-hydrogen) atoms. The van der Waals surface area contributed by atoms with Crippen molar-refractivity contribution in [2.45, 2.75) is 39.7 Å².